The molecule has 0 atom stereocenters. The largest absolute Gasteiger partial charge is 0.493 e. The van der Waals surface area contributed by atoms with Gasteiger partial charge in [-0.25, -0.2) is 9.52 Å². The summed E-state index contributed by atoms with van der Waals surface area (Å²) < 4.78 is 43.6. The van der Waals surface area contributed by atoms with Crippen molar-refractivity contribution in [3.63, 3.8) is 0 Å². The van der Waals surface area contributed by atoms with Gasteiger partial charge in [-0.1, -0.05) is 6.42 Å². The van der Waals surface area contributed by atoms with E-state index in [2.05, 4.69) is 15.8 Å². The van der Waals surface area contributed by atoms with Gasteiger partial charge in [-0.05, 0) is 45.4 Å². The molecule has 1 amide bonds. The number of aromatic nitrogens is 1. The highest BCUT2D eigenvalue weighted by Crippen LogP contribution is 2.37. The van der Waals surface area contributed by atoms with E-state index in [0.29, 0.717) is 29.0 Å². The highest BCUT2D eigenvalue weighted by molar-refractivity contribution is 7.99. The van der Waals surface area contributed by atoms with Gasteiger partial charge in [-0.2, -0.15) is 18.4 Å². The van der Waals surface area contributed by atoms with Gasteiger partial charge in [0.1, 0.15) is 11.7 Å². The van der Waals surface area contributed by atoms with Gasteiger partial charge >= 0.3 is 16.3 Å². The first-order chi connectivity index (χ1) is 16.0. The number of pyridine rings is 1. The van der Waals surface area contributed by atoms with Crippen LogP contribution >= 0.6 is 11.8 Å². The van der Waals surface area contributed by atoms with Crippen molar-refractivity contribution in [3.05, 3.63) is 23.9 Å². The Bertz CT molecular complexity index is 1160. The molecule has 0 fully saturated rings. The summed E-state index contributed by atoms with van der Waals surface area (Å²) in [6.45, 7) is 5.12. The second-order valence-electron chi connectivity index (χ2n) is 8.25. The number of rotatable bonds is 11. The number of ether oxygens (including phenoxy) is 3. The Labute approximate surface area is 204 Å². The van der Waals surface area contributed by atoms with Crippen LogP contribution in [0.1, 0.15) is 45.6 Å². The maximum Gasteiger partial charge on any atom is 0.422 e. The van der Waals surface area contributed by atoms with Crippen LogP contribution in [-0.2, 0) is 14.9 Å². The third-order valence-electron chi connectivity index (χ3n) is 4.42. The molecular weight excluding hydrogens is 480 g/mol. The van der Waals surface area contributed by atoms with Crippen LogP contribution in [0.2, 0.25) is 0 Å². The number of carbonyl (C=O) groups is 1. The first-order valence-electron chi connectivity index (χ1n) is 10.6. The van der Waals surface area contributed by atoms with Crippen LogP contribution in [0.5, 0.6) is 11.5 Å². The fraction of sp³-hybridized carbons (Fsp3) is 0.500. The van der Waals surface area contributed by atoms with Crippen molar-refractivity contribution in [1.29, 1.82) is 5.26 Å². The number of nitriles is 1. The Hall–Kier alpha value is -2.75. The number of methoxy groups -OCH3 is 2. The molecule has 10 nitrogen and oxygen atoms in total. The molecule has 0 unspecified atom stereocenters. The van der Waals surface area contributed by atoms with Gasteiger partial charge in [0.25, 0.3) is 0 Å². The quantitative estimate of drug-likeness (QED) is 0.342. The molecule has 0 saturated carbocycles. The summed E-state index contributed by atoms with van der Waals surface area (Å²) in [5, 5.41) is 10.3. The Balaban J connectivity index is 1.88. The monoisotopic (exact) mass is 510 g/mol. The molecule has 0 aliphatic heterocycles. The van der Waals surface area contributed by atoms with Gasteiger partial charge in [0.15, 0.2) is 11.5 Å². The van der Waals surface area contributed by atoms with E-state index < -0.39 is 21.9 Å². The average molecular weight is 511 g/mol. The lowest BCUT2D eigenvalue weighted by Crippen LogP contribution is -2.43. The number of benzene rings is 1. The van der Waals surface area contributed by atoms with Crippen LogP contribution in [-0.4, -0.2) is 51.6 Å². The molecule has 186 valence electrons. The van der Waals surface area contributed by atoms with Crippen molar-refractivity contribution in [2.75, 3.05) is 26.5 Å². The molecule has 0 saturated heterocycles. The first-order valence-corrected chi connectivity index (χ1v) is 13.0. The molecule has 12 heteroatoms. The van der Waals surface area contributed by atoms with E-state index in [0.717, 1.165) is 28.9 Å². The highest BCUT2D eigenvalue weighted by Gasteiger charge is 2.21. The van der Waals surface area contributed by atoms with Crippen LogP contribution in [0.4, 0.5) is 4.79 Å². The number of fused-ring (bicyclic) bond motifs is 1. The average Bonchev–Trinajstić information content (AvgIpc) is 2.75. The summed E-state index contributed by atoms with van der Waals surface area (Å²) >= 11 is 1.54. The fourth-order valence-electron chi connectivity index (χ4n) is 2.96. The van der Waals surface area contributed by atoms with Crippen LogP contribution in [0.3, 0.4) is 0 Å². The first kappa shape index (κ1) is 27.5. The Morgan fingerprint density at radius 2 is 1.82 bits per heavy atom. The Morgan fingerprint density at radius 1 is 1.15 bits per heavy atom. The van der Waals surface area contributed by atoms with Gasteiger partial charge in [0.2, 0.25) is 0 Å². The number of nitrogens with zero attached hydrogens (tertiary/aromatic N) is 2. The molecule has 2 rings (SSSR count). The van der Waals surface area contributed by atoms with Gasteiger partial charge in [-0.3, -0.25) is 4.98 Å². The summed E-state index contributed by atoms with van der Waals surface area (Å²) in [4.78, 5) is 16.8. The molecule has 0 radical (unpaired) electrons. The molecule has 0 aliphatic carbocycles. The van der Waals surface area contributed by atoms with Crippen LogP contribution in [0.15, 0.2) is 23.2 Å². The van der Waals surface area contributed by atoms with Crippen molar-refractivity contribution < 1.29 is 27.4 Å². The molecule has 0 bridgehead atoms. The zero-order chi connectivity index (χ0) is 25.4. The normalized spacial score (nSPS) is 11.6. The van der Waals surface area contributed by atoms with Gasteiger partial charge < -0.3 is 14.2 Å². The lowest BCUT2D eigenvalue weighted by atomic mass is 10.1. The topological polar surface area (TPSA) is 140 Å². The Kier molecular flexibility index (Phi) is 9.78. The number of hydrogen-bond acceptors (Lipinski definition) is 9. The minimum absolute atomic E-state index is 0.182. The number of thioether (sulfide) groups is 1. The summed E-state index contributed by atoms with van der Waals surface area (Å²) in [5.41, 5.74) is 0.386. The SMILES string of the molecule is COc1cc2ncc(C#N)c(SCCCCCNS(=O)(=O)NC(=O)OC(C)(C)C)c2cc1OC. The van der Waals surface area contributed by atoms with Gasteiger partial charge in [0.05, 0.1) is 25.3 Å². The van der Waals surface area contributed by atoms with E-state index in [-0.39, 0.29) is 6.54 Å². The van der Waals surface area contributed by atoms with Gasteiger partial charge in [0, 0.05) is 29.1 Å². The van der Waals surface area contributed by atoms with Gasteiger partial charge in [-0.15, -0.1) is 11.8 Å². The Morgan fingerprint density at radius 3 is 2.44 bits per heavy atom. The fourth-order valence-corrected chi connectivity index (χ4v) is 4.83. The van der Waals surface area contributed by atoms with E-state index in [4.69, 9.17) is 14.2 Å². The molecule has 1 heterocycles. The minimum Gasteiger partial charge on any atom is -0.493 e. The van der Waals surface area contributed by atoms with E-state index in [1.807, 2.05) is 10.8 Å². The van der Waals surface area contributed by atoms with Crippen LogP contribution in [0, 0.1) is 11.3 Å². The lowest BCUT2D eigenvalue weighted by molar-refractivity contribution is 0.0569. The third-order valence-corrected chi connectivity index (χ3v) is 6.66. The number of amides is 1. The number of unbranched alkanes of at least 4 members (excludes halogenated alkanes) is 2. The number of carbonyl (C=O) groups excluding carboxylic acids is 1. The molecule has 34 heavy (non-hydrogen) atoms. The van der Waals surface area contributed by atoms with E-state index in [1.54, 1.807) is 47.3 Å². The second kappa shape index (κ2) is 12.1. The molecule has 0 aliphatic rings. The molecular formula is C22H30N4O6S2. The summed E-state index contributed by atoms with van der Waals surface area (Å²) in [7, 11) is -0.876. The zero-order valence-corrected chi connectivity index (χ0v) is 21.6. The number of hydrogen-bond donors (Lipinski definition) is 2. The molecule has 1 aromatic carbocycles. The van der Waals surface area contributed by atoms with Crippen LogP contribution < -0.4 is 18.9 Å². The minimum atomic E-state index is -3.98. The smallest absolute Gasteiger partial charge is 0.422 e. The second-order valence-corrected chi connectivity index (χ2v) is 10.9. The molecule has 1 aromatic heterocycles. The van der Waals surface area contributed by atoms with E-state index in [9.17, 15) is 18.5 Å². The van der Waals surface area contributed by atoms with Crippen LogP contribution in [0.25, 0.3) is 10.9 Å². The molecule has 2 N–H and O–H groups in total. The van der Waals surface area contributed by atoms with Crippen molar-refractivity contribution in [2.24, 2.45) is 0 Å². The molecule has 0 spiro atoms. The standard InChI is InChI=1S/C22H30N4O6S2/c1-22(2,3)32-21(27)26-34(28,29)25-9-7-6-8-10-33-20-15(13-23)14-24-17-12-19(31-5)18(30-4)11-16(17)20/h11-12,14,25H,6-10H2,1-5H3,(H,26,27). The maximum absolute atomic E-state index is 11.9. The summed E-state index contributed by atoms with van der Waals surface area (Å²) in [6, 6.07) is 5.78. The van der Waals surface area contributed by atoms with E-state index in [1.165, 1.54) is 11.8 Å². The summed E-state index contributed by atoms with van der Waals surface area (Å²) in [5.74, 6) is 1.85. The number of nitrogens with one attached hydrogen (secondary N) is 2. The zero-order valence-electron chi connectivity index (χ0n) is 19.9. The van der Waals surface area contributed by atoms with E-state index >= 15 is 0 Å². The van der Waals surface area contributed by atoms with Crippen molar-refractivity contribution in [3.8, 4) is 17.6 Å². The van der Waals surface area contributed by atoms with Crippen molar-refractivity contribution in [2.45, 2.75) is 50.5 Å². The lowest BCUT2D eigenvalue weighted by Gasteiger charge is -2.19. The molecule has 2 aromatic rings. The van der Waals surface area contributed by atoms with Crippen molar-refractivity contribution in [1.82, 2.24) is 14.4 Å². The summed E-state index contributed by atoms with van der Waals surface area (Å²) in [6.07, 6.45) is 2.66. The predicted octanol–water partition coefficient (Wildman–Crippen LogP) is 3.75. The maximum atomic E-state index is 11.9. The highest BCUT2D eigenvalue weighted by atomic mass is 32.2. The third kappa shape index (κ3) is 8.23. The van der Waals surface area contributed by atoms with Crippen molar-refractivity contribution >= 4 is 39.0 Å². The predicted molar refractivity (Wildman–Crippen MR) is 130 cm³/mol.